The summed E-state index contributed by atoms with van der Waals surface area (Å²) in [5.74, 6) is 0. The SMILES string of the molecule is CC(C)N(C(C)C)C1CCCCC1.[H-].[Li+]. The third-order valence-corrected chi connectivity index (χ3v) is 3.19. The summed E-state index contributed by atoms with van der Waals surface area (Å²) in [6.45, 7) is 9.31. The summed E-state index contributed by atoms with van der Waals surface area (Å²) >= 11 is 0. The molecular formula is C12H26LiN. The van der Waals surface area contributed by atoms with E-state index >= 15 is 0 Å². The zero-order valence-corrected chi connectivity index (χ0v) is 10.7. The van der Waals surface area contributed by atoms with Gasteiger partial charge in [-0.25, -0.2) is 0 Å². The summed E-state index contributed by atoms with van der Waals surface area (Å²) in [7, 11) is 0. The van der Waals surface area contributed by atoms with Gasteiger partial charge < -0.3 is 1.43 Å². The molecule has 1 aliphatic carbocycles. The molecule has 0 saturated heterocycles. The normalized spacial score (nSPS) is 19.1. The van der Waals surface area contributed by atoms with E-state index in [1.807, 2.05) is 0 Å². The molecule has 2 heteroatoms. The molecule has 0 aliphatic heterocycles. The van der Waals surface area contributed by atoms with Crippen molar-refractivity contribution in [2.75, 3.05) is 0 Å². The first-order chi connectivity index (χ1) is 6.13. The fraction of sp³-hybridized carbons (Fsp3) is 1.00. The summed E-state index contributed by atoms with van der Waals surface area (Å²) in [5.41, 5.74) is 0. The molecule has 0 spiro atoms. The van der Waals surface area contributed by atoms with Gasteiger partial charge in [0.05, 0.1) is 0 Å². The minimum absolute atomic E-state index is 0. The average Bonchev–Trinajstić information content (AvgIpc) is 2.04. The third-order valence-electron chi connectivity index (χ3n) is 3.19. The van der Waals surface area contributed by atoms with Gasteiger partial charge in [0.25, 0.3) is 0 Å². The number of hydrogen-bond acceptors (Lipinski definition) is 1. The quantitative estimate of drug-likeness (QED) is 0.589. The van der Waals surface area contributed by atoms with Gasteiger partial charge in [-0.15, -0.1) is 0 Å². The smallest absolute Gasteiger partial charge is 1.00 e. The Bertz CT molecular complexity index is 137. The zero-order valence-electron chi connectivity index (χ0n) is 11.7. The molecule has 0 aromatic carbocycles. The van der Waals surface area contributed by atoms with Crippen LogP contribution in [0.2, 0.25) is 0 Å². The van der Waals surface area contributed by atoms with Crippen LogP contribution < -0.4 is 18.9 Å². The predicted molar refractivity (Wildman–Crippen MR) is 60.1 cm³/mol. The molecule has 80 valence electrons. The molecule has 0 unspecified atom stereocenters. The maximum absolute atomic E-state index is 2.69. The number of rotatable bonds is 3. The second kappa shape index (κ2) is 6.94. The zero-order chi connectivity index (χ0) is 9.84. The Balaban J connectivity index is 0. The second-order valence-electron chi connectivity index (χ2n) is 4.93. The summed E-state index contributed by atoms with van der Waals surface area (Å²) in [6.07, 6.45) is 7.20. The molecule has 0 bridgehead atoms. The van der Waals surface area contributed by atoms with E-state index in [-0.39, 0.29) is 20.3 Å². The van der Waals surface area contributed by atoms with Gasteiger partial charge in [0.1, 0.15) is 0 Å². The van der Waals surface area contributed by atoms with Crippen molar-refractivity contribution in [3.05, 3.63) is 0 Å². The topological polar surface area (TPSA) is 3.24 Å². The van der Waals surface area contributed by atoms with Crippen molar-refractivity contribution >= 4 is 0 Å². The van der Waals surface area contributed by atoms with E-state index in [1.54, 1.807) is 0 Å². The molecule has 14 heavy (non-hydrogen) atoms. The van der Waals surface area contributed by atoms with Crippen molar-refractivity contribution in [1.82, 2.24) is 4.90 Å². The Kier molecular flexibility index (Phi) is 7.21. The maximum atomic E-state index is 2.69. The van der Waals surface area contributed by atoms with E-state index in [1.165, 1.54) is 32.1 Å². The molecule has 0 radical (unpaired) electrons. The monoisotopic (exact) mass is 191 g/mol. The molecule has 1 saturated carbocycles. The van der Waals surface area contributed by atoms with Gasteiger partial charge in [0.2, 0.25) is 0 Å². The van der Waals surface area contributed by atoms with E-state index in [0.29, 0.717) is 12.1 Å². The average molecular weight is 191 g/mol. The first-order valence-electron chi connectivity index (χ1n) is 5.90. The standard InChI is InChI=1S/C12H25N.Li.H/c1-10(2)13(11(3)4)12-8-6-5-7-9-12;;/h10-12H,5-9H2,1-4H3;;/q;+1;-1. The largest absolute Gasteiger partial charge is 1.00 e. The van der Waals surface area contributed by atoms with Crippen molar-refractivity contribution in [3.63, 3.8) is 0 Å². The van der Waals surface area contributed by atoms with E-state index in [0.717, 1.165) is 6.04 Å². The van der Waals surface area contributed by atoms with Crippen molar-refractivity contribution in [3.8, 4) is 0 Å². The van der Waals surface area contributed by atoms with Gasteiger partial charge in [-0.2, -0.15) is 0 Å². The van der Waals surface area contributed by atoms with Crippen LogP contribution >= 0.6 is 0 Å². The molecule has 1 fully saturated rings. The molecule has 1 nitrogen and oxygen atoms in total. The Morgan fingerprint density at radius 1 is 0.929 bits per heavy atom. The van der Waals surface area contributed by atoms with Crippen LogP contribution in [-0.4, -0.2) is 23.0 Å². The van der Waals surface area contributed by atoms with Crippen LogP contribution in [0.15, 0.2) is 0 Å². The fourth-order valence-electron chi connectivity index (χ4n) is 2.82. The molecule has 0 amide bonds. The molecule has 0 heterocycles. The summed E-state index contributed by atoms with van der Waals surface area (Å²) < 4.78 is 0. The maximum Gasteiger partial charge on any atom is 1.00 e. The van der Waals surface area contributed by atoms with Crippen molar-refractivity contribution in [2.24, 2.45) is 0 Å². The van der Waals surface area contributed by atoms with Crippen LogP contribution in [0.25, 0.3) is 0 Å². The predicted octanol–water partition coefficient (Wildman–Crippen LogP) is 0.554. The summed E-state index contributed by atoms with van der Waals surface area (Å²) in [6, 6.07) is 2.29. The molecule has 0 aromatic heterocycles. The minimum atomic E-state index is 0. The Labute approximate surface area is 103 Å². The van der Waals surface area contributed by atoms with Gasteiger partial charge in [0.15, 0.2) is 0 Å². The van der Waals surface area contributed by atoms with Gasteiger partial charge in [0, 0.05) is 18.1 Å². The Morgan fingerprint density at radius 3 is 1.71 bits per heavy atom. The first kappa shape index (κ1) is 14.6. The van der Waals surface area contributed by atoms with Crippen LogP contribution in [0, 0.1) is 0 Å². The van der Waals surface area contributed by atoms with Crippen LogP contribution in [0.4, 0.5) is 0 Å². The van der Waals surface area contributed by atoms with Gasteiger partial charge in [-0.1, -0.05) is 19.3 Å². The Hall–Kier alpha value is 0.557. The molecule has 0 atom stereocenters. The van der Waals surface area contributed by atoms with E-state index in [4.69, 9.17) is 0 Å². The molecule has 1 rings (SSSR count). The van der Waals surface area contributed by atoms with Crippen molar-refractivity contribution in [2.45, 2.75) is 77.9 Å². The first-order valence-corrected chi connectivity index (χ1v) is 5.90. The summed E-state index contributed by atoms with van der Waals surface area (Å²) in [5, 5.41) is 0. The number of nitrogens with zero attached hydrogens (tertiary/aromatic N) is 1. The molecule has 0 aromatic rings. The van der Waals surface area contributed by atoms with Crippen LogP contribution in [-0.2, 0) is 0 Å². The van der Waals surface area contributed by atoms with Crippen LogP contribution in [0.5, 0.6) is 0 Å². The second-order valence-corrected chi connectivity index (χ2v) is 4.93. The van der Waals surface area contributed by atoms with Crippen LogP contribution in [0.3, 0.4) is 0 Å². The Morgan fingerprint density at radius 2 is 1.36 bits per heavy atom. The molecule has 1 aliphatic rings. The van der Waals surface area contributed by atoms with Crippen LogP contribution in [0.1, 0.15) is 61.2 Å². The summed E-state index contributed by atoms with van der Waals surface area (Å²) in [4.78, 5) is 2.69. The molecule has 0 N–H and O–H groups in total. The van der Waals surface area contributed by atoms with Crippen molar-refractivity contribution in [1.29, 1.82) is 0 Å². The van der Waals surface area contributed by atoms with Crippen molar-refractivity contribution < 1.29 is 20.3 Å². The van der Waals surface area contributed by atoms with Gasteiger partial charge >= 0.3 is 18.9 Å². The van der Waals surface area contributed by atoms with E-state index in [2.05, 4.69) is 32.6 Å². The van der Waals surface area contributed by atoms with Gasteiger partial charge in [-0.3, -0.25) is 4.90 Å². The fourth-order valence-corrected chi connectivity index (χ4v) is 2.82. The van der Waals surface area contributed by atoms with E-state index in [9.17, 15) is 0 Å². The number of hydrogen-bond donors (Lipinski definition) is 0. The molecular weight excluding hydrogens is 165 g/mol. The third kappa shape index (κ3) is 3.97. The van der Waals surface area contributed by atoms with E-state index < -0.39 is 0 Å². The minimum Gasteiger partial charge on any atom is -1.00 e. The van der Waals surface area contributed by atoms with Gasteiger partial charge in [-0.05, 0) is 40.5 Å².